The van der Waals surface area contributed by atoms with E-state index in [1.54, 1.807) is 0 Å². The second-order valence-corrected chi connectivity index (χ2v) is 4.92. The normalized spacial score (nSPS) is 17.9. The van der Waals surface area contributed by atoms with Crippen molar-refractivity contribution in [3.63, 3.8) is 0 Å². The zero-order chi connectivity index (χ0) is 12.3. The molecule has 0 atom stereocenters. The van der Waals surface area contributed by atoms with E-state index in [1.807, 2.05) is 11.7 Å². The van der Waals surface area contributed by atoms with Gasteiger partial charge in [0.25, 0.3) is 0 Å². The van der Waals surface area contributed by atoms with Crippen LogP contribution in [-0.2, 0) is 18.4 Å². The lowest BCUT2D eigenvalue weighted by Crippen LogP contribution is -2.32. The standard InChI is InChI=1S/C12H22N4O/c1-9(2)12-14-11(16(3)15-12)8-17-10-4-6-13-7-5-10/h9-10,13H,4-8H2,1-3H3. The maximum absolute atomic E-state index is 5.88. The third-order valence-corrected chi connectivity index (χ3v) is 3.12. The maximum atomic E-state index is 5.88. The summed E-state index contributed by atoms with van der Waals surface area (Å²) in [6.07, 6.45) is 2.56. The van der Waals surface area contributed by atoms with E-state index in [-0.39, 0.29) is 0 Å². The summed E-state index contributed by atoms with van der Waals surface area (Å²) >= 11 is 0. The van der Waals surface area contributed by atoms with Crippen molar-refractivity contribution in [3.8, 4) is 0 Å². The van der Waals surface area contributed by atoms with Crippen LogP contribution in [0.15, 0.2) is 0 Å². The lowest BCUT2D eigenvalue weighted by Gasteiger charge is -2.22. The monoisotopic (exact) mass is 238 g/mol. The Balaban J connectivity index is 1.89. The summed E-state index contributed by atoms with van der Waals surface area (Å²) in [5.41, 5.74) is 0. The molecule has 5 heteroatoms. The molecule has 0 spiro atoms. The van der Waals surface area contributed by atoms with Crippen molar-refractivity contribution in [2.75, 3.05) is 13.1 Å². The maximum Gasteiger partial charge on any atom is 0.153 e. The molecule has 1 aromatic heterocycles. The zero-order valence-corrected chi connectivity index (χ0v) is 10.9. The molecule has 0 aromatic carbocycles. The zero-order valence-electron chi connectivity index (χ0n) is 10.9. The van der Waals surface area contributed by atoms with Crippen LogP contribution in [-0.4, -0.2) is 34.0 Å². The Hall–Kier alpha value is -0.940. The molecule has 1 aromatic rings. The van der Waals surface area contributed by atoms with E-state index >= 15 is 0 Å². The Bertz CT molecular complexity index is 355. The molecule has 1 aliphatic heterocycles. The summed E-state index contributed by atoms with van der Waals surface area (Å²) < 4.78 is 7.71. The van der Waals surface area contributed by atoms with Gasteiger partial charge in [0.05, 0.1) is 6.10 Å². The first kappa shape index (κ1) is 12.5. The topological polar surface area (TPSA) is 52.0 Å². The Morgan fingerprint density at radius 1 is 1.41 bits per heavy atom. The van der Waals surface area contributed by atoms with Gasteiger partial charge in [0.15, 0.2) is 11.6 Å². The summed E-state index contributed by atoms with van der Waals surface area (Å²) in [5.74, 6) is 2.19. The van der Waals surface area contributed by atoms with E-state index in [9.17, 15) is 0 Å². The van der Waals surface area contributed by atoms with E-state index < -0.39 is 0 Å². The van der Waals surface area contributed by atoms with E-state index in [0.717, 1.165) is 37.6 Å². The molecule has 0 unspecified atom stereocenters. The van der Waals surface area contributed by atoms with Gasteiger partial charge in [-0.1, -0.05) is 13.8 Å². The van der Waals surface area contributed by atoms with Crippen LogP contribution in [0.3, 0.4) is 0 Å². The smallest absolute Gasteiger partial charge is 0.153 e. The van der Waals surface area contributed by atoms with Crippen LogP contribution in [0, 0.1) is 0 Å². The highest BCUT2D eigenvalue weighted by Crippen LogP contribution is 2.13. The molecule has 5 nitrogen and oxygen atoms in total. The summed E-state index contributed by atoms with van der Waals surface area (Å²) in [4.78, 5) is 4.50. The van der Waals surface area contributed by atoms with Gasteiger partial charge in [0, 0.05) is 13.0 Å². The van der Waals surface area contributed by atoms with Crippen molar-refractivity contribution in [3.05, 3.63) is 11.6 Å². The number of aryl methyl sites for hydroxylation is 1. The number of hydrogen-bond acceptors (Lipinski definition) is 4. The highest BCUT2D eigenvalue weighted by Gasteiger charge is 2.15. The molecule has 17 heavy (non-hydrogen) atoms. The predicted molar refractivity (Wildman–Crippen MR) is 65.8 cm³/mol. The predicted octanol–water partition coefficient (Wildman–Crippen LogP) is 1.21. The first-order valence-corrected chi connectivity index (χ1v) is 6.39. The number of piperidine rings is 1. The van der Waals surface area contributed by atoms with Crippen LogP contribution in [0.2, 0.25) is 0 Å². The second-order valence-electron chi connectivity index (χ2n) is 4.92. The minimum atomic E-state index is 0.369. The Labute approximate surface area is 103 Å². The third kappa shape index (κ3) is 3.26. The van der Waals surface area contributed by atoms with Crippen LogP contribution >= 0.6 is 0 Å². The SMILES string of the molecule is CC(C)c1nc(COC2CCNCC2)n(C)n1. The number of ether oxygens (including phenoxy) is 1. The average Bonchev–Trinajstić information content (AvgIpc) is 2.70. The second kappa shape index (κ2) is 5.60. The largest absolute Gasteiger partial charge is 0.370 e. The van der Waals surface area contributed by atoms with E-state index in [0.29, 0.717) is 18.6 Å². The van der Waals surface area contributed by atoms with Crippen molar-refractivity contribution in [2.45, 2.75) is 45.3 Å². The summed E-state index contributed by atoms with van der Waals surface area (Å²) in [7, 11) is 1.93. The van der Waals surface area contributed by atoms with Gasteiger partial charge in [-0.15, -0.1) is 0 Å². The molecule has 1 saturated heterocycles. The molecule has 1 N–H and O–H groups in total. The van der Waals surface area contributed by atoms with Gasteiger partial charge in [0.2, 0.25) is 0 Å². The van der Waals surface area contributed by atoms with Gasteiger partial charge in [0.1, 0.15) is 6.61 Å². The molecule has 0 aliphatic carbocycles. The summed E-state index contributed by atoms with van der Waals surface area (Å²) in [6.45, 7) is 6.89. The Morgan fingerprint density at radius 3 is 2.71 bits per heavy atom. The van der Waals surface area contributed by atoms with Crippen LogP contribution < -0.4 is 5.32 Å². The number of nitrogens with zero attached hydrogens (tertiary/aromatic N) is 3. The van der Waals surface area contributed by atoms with Gasteiger partial charge in [-0.3, -0.25) is 4.68 Å². The molecular weight excluding hydrogens is 216 g/mol. The Kier molecular flexibility index (Phi) is 4.12. The van der Waals surface area contributed by atoms with Gasteiger partial charge < -0.3 is 10.1 Å². The fraction of sp³-hybridized carbons (Fsp3) is 0.833. The fourth-order valence-electron chi connectivity index (χ4n) is 1.96. The van der Waals surface area contributed by atoms with Crippen molar-refractivity contribution in [1.29, 1.82) is 0 Å². The lowest BCUT2D eigenvalue weighted by molar-refractivity contribution is 0.0164. The van der Waals surface area contributed by atoms with Crippen molar-refractivity contribution >= 4 is 0 Å². The van der Waals surface area contributed by atoms with Crippen molar-refractivity contribution < 1.29 is 4.74 Å². The minimum Gasteiger partial charge on any atom is -0.370 e. The van der Waals surface area contributed by atoms with Gasteiger partial charge in [-0.05, 0) is 25.9 Å². The summed E-state index contributed by atoms with van der Waals surface area (Å²) in [6, 6.07) is 0. The highest BCUT2D eigenvalue weighted by atomic mass is 16.5. The van der Waals surface area contributed by atoms with E-state index in [4.69, 9.17) is 4.74 Å². The van der Waals surface area contributed by atoms with E-state index in [1.165, 1.54) is 0 Å². The molecule has 2 rings (SSSR count). The highest BCUT2D eigenvalue weighted by molar-refractivity contribution is 4.95. The quantitative estimate of drug-likeness (QED) is 0.856. The van der Waals surface area contributed by atoms with Crippen LogP contribution in [0.25, 0.3) is 0 Å². The number of aromatic nitrogens is 3. The molecule has 0 amide bonds. The first-order valence-electron chi connectivity index (χ1n) is 6.39. The van der Waals surface area contributed by atoms with Crippen LogP contribution in [0.5, 0.6) is 0 Å². The minimum absolute atomic E-state index is 0.369. The number of rotatable bonds is 4. The molecular formula is C12H22N4O. The molecule has 0 radical (unpaired) electrons. The Morgan fingerprint density at radius 2 is 2.12 bits per heavy atom. The van der Waals surface area contributed by atoms with Gasteiger partial charge >= 0.3 is 0 Å². The van der Waals surface area contributed by atoms with Crippen LogP contribution in [0.4, 0.5) is 0 Å². The molecule has 96 valence electrons. The molecule has 0 saturated carbocycles. The molecule has 1 fully saturated rings. The van der Waals surface area contributed by atoms with E-state index in [2.05, 4.69) is 29.2 Å². The average molecular weight is 238 g/mol. The number of hydrogen-bond donors (Lipinski definition) is 1. The first-order chi connectivity index (χ1) is 8.16. The number of nitrogens with one attached hydrogen (secondary N) is 1. The summed E-state index contributed by atoms with van der Waals surface area (Å²) in [5, 5.41) is 7.72. The van der Waals surface area contributed by atoms with Crippen molar-refractivity contribution in [2.24, 2.45) is 7.05 Å². The molecule has 1 aliphatic rings. The molecule has 2 heterocycles. The van der Waals surface area contributed by atoms with Gasteiger partial charge in [-0.2, -0.15) is 5.10 Å². The van der Waals surface area contributed by atoms with Gasteiger partial charge in [-0.25, -0.2) is 4.98 Å². The van der Waals surface area contributed by atoms with Crippen LogP contribution in [0.1, 0.15) is 44.3 Å². The lowest BCUT2D eigenvalue weighted by atomic mass is 10.1. The fourth-order valence-corrected chi connectivity index (χ4v) is 1.96. The molecule has 0 bridgehead atoms. The van der Waals surface area contributed by atoms with Crippen molar-refractivity contribution in [1.82, 2.24) is 20.1 Å². The third-order valence-electron chi connectivity index (χ3n) is 3.12.